The van der Waals surface area contributed by atoms with E-state index in [0.29, 0.717) is 5.82 Å². The number of nitrogens with zero attached hydrogens (tertiary/aromatic N) is 3. The van der Waals surface area contributed by atoms with E-state index in [1.807, 2.05) is 12.1 Å². The Morgan fingerprint density at radius 3 is 2.83 bits per heavy atom. The van der Waals surface area contributed by atoms with Gasteiger partial charge in [0.25, 0.3) is 0 Å². The topological polar surface area (TPSA) is 64.7 Å². The predicted molar refractivity (Wildman–Crippen MR) is 71.9 cm³/mol. The highest BCUT2D eigenvalue weighted by Crippen LogP contribution is 2.22. The van der Waals surface area contributed by atoms with Crippen LogP contribution in [0.15, 0.2) is 42.9 Å². The third-order valence-electron chi connectivity index (χ3n) is 2.86. The van der Waals surface area contributed by atoms with E-state index in [0.717, 1.165) is 27.7 Å². The van der Waals surface area contributed by atoms with E-state index in [1.54, 1.807) is 12.4 Å². The molecule has 3 rings (SSSR count). The standard InChI is InChI=1S/C14H12N4/c1-9-3-2-4-10-5-11(6-17-14(9)10)12-7-16-8-13(15)18-12/h2-8H,1H3,(H2,15,18). The average Bonchev–Trinajstić information content (AvgIpc) is 2.39. The van der Waals surface area contributed by atoms with Crippen molar-refractivity contribution < 1.29 is 0 Å². The minimum absolute atomic E-state index is 0.414. The molecule has 4 nitrogen and oxygen atoms in total. The third-order valence-corrected chi connectivity index (χ3v) is 2.86. The fourth-order valence-corrected chi connectivity index (χ4v) is 1.97. The highest BCUT2D eigenvalue weighted by atomic mass is 14.9. The maximum atomic E-state index is 5.64. The van der Waals surface area contributed by atoms with Crippen LogP contribution in [0.5, 0.6) is 0 Å². The van der Waals surface area contributed by atoms with E-state index in [2.05, 4.69) is 34.0 Å². The number of hydrogen-bond donors (Lipinski definition) is 1. The van der Waals surface area contributed by atoms with Crippen LogP contribution < -0.4 is 5.73 Å². The van der Waals surface area contributed by atoms with Gasteiger partial charge in [0.2, 0.25) is 0 Å². The number of para-hydroxylation sites is 1. The molecule has 0 bridgehead atoms. The Kier molecular flexibility index (Phi) is 2.41. The molecule has 0 saturated heterocycles. The zero-order valence-corrected chi connectivity index (χ0v) is 9.96. The Labute approximate surface area is 105 Å². The van der Waals surface area contributed by atoms with E-state index in [1.165, 1.54) is 6.20 Å². The van der Waals surface area contributed by atoms with Crippen LogP contribution in [0.25, 0.3) is 22.2 Å². The van der Waals surface area contributed by atoms with Crippen molar-refractivity contribution in [2.24, 2.45) is 0 Å². The molecular formula is C14H12N4. The van der Waals surface area contributed by atoms with E-state index >= 15 is 0 Å². The van der Waals surface area contributed by atoms with E-state index in [4.69, 9.17) is 5.73 Å². The molecule has 3 aromatic rings. The number of benzene rings is 1. The second-order valence-electron chi connectivity index (χ2n) is 4.20. The van der Waals surface area contributed by atoms with Crippen molar-refractivity contribution in [3.8, 4) is 11.3 Å². The Bertz CT molecular complexity index is 722. The van der Waals surface area contributed by atoms with Gasteiger partial charge in [0.15, 0.2) is 0 Å². The van der Waals surface area contributed by atoms with Crippen molar-refractivity contribution in [1.82, 2.24) is 15.0 Å². The number of nitrogen functional groups attached to an aromatic ring is 1. The van der Waals surface area contributed by atoms with Gasteiger partial charge in [-0.2, -0.15) is 0 Å². The summed E-state index contributed by atoms with van der Waals surface area (Å²) in [5.74, 6) is 0.414. The summed E-state index contributed by atoms with van der Waals surface area (Å²) in [6.45, 7) is 2.05. The fourth-order valence-electron chi connectivity index (χ4n) is 1.97. The summed E-state index contributed by atoms with van der Waals surface area (Å²) in [5, 5.41) is 1.09. The van der Waals surface area contributed by atoms with Crippen LogP contribution in [-0.2, 0) is 0 Å². The number of pyridine rings is 1. The number of hydrogen-bond acceptors (Lipinski definition) is 4. The molecule has 4 heteroatoms. The first-order valence-corrected chi connectivity index (χ1v) is 5.67. The summed E-state index contributed by atoms with van der Waals surface area (Å²) < 4.78 is 0. The minimum atomic E-state index is 0.414. The predicted octanol–water partition coefficient (Wildman–Crippen LogP) is 2.58. The number of fused-ring (bicyclic) bond motifs is 1. The molecule has 0 unspecified atom stereocenters. The van der Waals surface area contributed by atoms with Gasteiger partial charge < -0.3 is 5.73 Å². The zero-order chi connectivity index (χ0) is 12.5. The van der Waals surface area contributed by atoms with Crippen molar-refractivity contribution in [2.45, 2.75) is 6.92 Å². The van der Waals surface area contributed by atoms with Crippen LogP contribution >= 0.6 is 0 Å². The molecule has 0 fully saturated rings. The number of rotatable bonds is 1. The summed E-state index contributed by atoms with van der Waals surface area (Å²) >= 11 is 0. The monoisotopic (exact) mass is 236 g/mol. The molecule has 0 radical (unpaired) electrons. The molecule has 0 aliphatic rings. The lowest BCUT2D eigenvalue weighted by atomic mass is 10.1. The van der Waals surface area contributed by atoms with E-state index in [-0.39, 0.29) is 0 Å². The van der Waals surface area contributed by atoms with Gasteiger partial charge in [-0.1, -0.05) is 18.2 Å². The van der Waals surface area contributed by atoms with Gasteiger partial charge in [-0.25, -0.2) is 4.98 Å². The van der Waals surface area contributed by atoms with Gasteiger partial charge in [-0.05, 0) is 18.6 Å². The molecule has 0 amide bonds. The highest BCUT2D eigenvalue weighted by Gasteiger charge is 2.04. The minimum Gasteiger partial charge on any atom is -0.382 e. The van der Waals surface area contributed by atoms with Gasteiger partial charge in [-0.15, -0.1) is 0 Å². The third kappa shape index (κ3) is 1.78. The molecule has 88 valence electrons. The van der Waals surface area contributed by atoms with Crippen LogP contribution in [-0.4, -0.2) is 15.0 Å². The van der Waals surface area contributed by atoms with Gasteiger partial charge in [0, 0.05) is 17.1 Å². The Morgan fingerprint density at radius 2 is 2.00 bits per heavy atom. The lowest BCUT2D eigenvalue weighted by Gasteiger charge is -2.04. The molecule has 18 heavy (non-hydrogen) atoms. The first-order chi connectivity index (χ1) is 8.74. The van der Waals surface area contributed by atoms with Crippen molar-refractivity contribution in [3.05, 3.63) is 48.4 Å². The summed E-state index contributed by atoms with van der Waals surface area (Å²) in [6.07, 6.45) is 5.02. The summed E-state index contributed by atoms with van der Waals surface area (Å²) in [5.41, 5.74) is 9.48. The number of aryl methyl sites for hydroxylation is 1. The van der Waals surface area contributed by atoms with Gasteiger partial charge >= 0.3 is 0 Å². The summed E-state index contributed by atoms with van der Waals surface area (Å²) in [7, 11) is 0. The van der Waals surface area contributed by atoms with Gasteiger partial charge in [0.1, 0.15) is 5.82 Å². The van der Waals surface area contributed by atoms with E-state index < -0.39 is 0 Å². The quantitative estimate of drug-likeness (QED) is 0.705. The largest absolute Gasteiger partial charge is 0.382 e. The van der Waals surface area contributed by atoms with Crippen LogP contribution in [0, 0.1) is 6.92 Å². The maximum absolute atomic E-state index is 5.64. The number of aromatic nitrogens is 3. The smallest absolute Gasteiger partial charge is 0.142 e. The second kappa shape index (κ2) is 4.07. The molecule has 2 N–H and O–H groups in total. The SMILES string of the molecule is Cc1cccc2cc(-c3cncc(N)n3)cnc12. The van der Waals surface area contributed by atoms with Crippen molar-refractivity contribution in [2.75, 3.05) is 5.73 Å². The number of anilines is 1. The number of nitrogens with two attached hydrogens (primary N) is 1. The fraction of sp³-hybridized carbons (Fsp3) is 0.0714. The summed E-state index contributed by atoms with van der Waals surface area (Å²) in [4.78, 5) is 12.8. The molecule has 1 aromatic carbocycles. The first-order valence-electron chi connectivity index (χ1n) is 5.67. The van der Waals surface area contributed by atoms with Crippen molar-refractivity contribution in [1.29, 1.82) is 0 Å². The van der Waals surface area contributed by atoms with Crippen LogP contribution in [0.3, 0.4) is 0 Å². The molecule has 0 atom stereocenters. The highest BCUT2D eigenvalue weighted by molar-refractivity contribution is 5.85. The molecular weight excluding hydrogens is 224 g/mol. The van der Waals surface area contributed by atoms with Crippen LogP contribution in [0.1, 0.15) is 5.56 Å². The van der Waals surface area contributed by atoms with Crippen LogP contribution in [0.4, 0.5) is 5.82 Å². The van der Waals surface area contributed by atoms with E-state index in [9.17, 15) is 0 Å². The normalized spacial score (nSPS) is 10.7. The Morgan fingerprint density at radius 1 is 1.11 bits per heavy atom. The zero-order valence-electron chi connectivity index (χ0n) is 9.96. The molecule has 2 aromatic heterocycles. The average molecular weight is 236 g/mol. The molecule has 0 aliphatic carbocycles. The first kappa shape index (κ1) is 10.7. The Balaban J connectivity index is 2.20. The maximum Gasteiger partial charge on any atom is 0.142 e. The van der Waals surface area contributed by atoms with Gasteiger partial charge in [0.05, 0.1) is 23.6 Å². The molecule has 0 spiro atoms. The van der Waals surface area contributed by atoms with Crippen LogP contribution in [0.2, 0.25) is 0 Å². The molecule has 0 aliphatic heterocycles. The lowest BCUT2D eigenvalue weighted by Crippen LogP contribution is -1.94. The molecule has 2 heterocycles. The second-order valence-corrected chi connectivity index (χ2v) is 4.20. The van der Waals surface area contributed by atoms with Crippen molar-refractivity contribution in [3.63, 3.8) is 0 Å². The Hall–Kier alpha value is -2.49. The lowest BCUT2D eigenvalue weighted by molar-refractivity contribution is 1.21. The summed E-state index contributed by atoms with van der Waals surface area (Å²) in [6, 6.07) is 8.17. The molecule has 0 saturated carbocycles. The van der Waals surface area contributed by atoms with Gasteiger partial charge in [-0.3, -0.25) is 9.97 Å². The van der Waals surface area contributed by atoms with Crippen molar-refractivity contribution >= 4 is 16.7 Å².